The smallest absolute Gasteiger partial charge is 0.293 e. The molecule has 0 bridgehead atoms. The van der Waals surface area contributed by atoms with E-state index in [1.165, 1.54) is 58.9 Å². The lowest BCUT2D eigenvalue weighted by Crippen LogP contribution is -2.60. The Kier molecular flexibility index (Phi) is 15.1. The number of aromatic amines is 1. The number of benzene rings is 4. The summed E-state index contributed by atoms with van der Waals surface area (Å²) < 4.78 is 62.8. The molecule has 2 aromatic heterocycles. The van der Waals surface area contributed by atoms with E-state index in [1.807, 2.05) is 0 Å². The zero-order chi connectivity index (χ0) is 55.2. The van der Waals surface area contributed by atoms with Crippen LogP contribution in [0.25, 0.3) is 11.0 Å². The topological polar surface area (TPSA) is 205 Å². The fraction of sp³-hybridized carbons (Fsp3) is 0.467. The number of carbonyl (C=O) groups excluding carboxylic acids is 1. The summed E-state index contributed by atoms with van der Waals surface area (Å²) in [6.45, 7) is 12.7. The quantitative estimate of drug-likeness (QED) is 0.0526. The van der Waals surface area contributed by atoms with Crippen molar-refractivity contribution < 1.29 is 41.8 Å². The number of pyridine rings is 1. The molecule has 0 radical (unpaired) electrons. The summed E-state index contributed by atoms with van der Waals surface area (Å²) in [6, 6.07) is 24.0. The predicted molar refractivity (Wildman–Crippen MR) is 300 cm³/mol. The summed E-state index contributed by atoms with van der Waals surface area (Å²) >= 11 is 0. The number of methoxy groups -OCH3 is 1. The minimum absolute atomic E-state index is 0.0210. The van der Waals surface area contributed by atoms with E-state index in [0.717, 1.165) is 114 Å². The molecule has 2 saturated carbocycles. The van der Waals surface area contributed by atoms with Crippen molar-refractivity contribution >= 4 is 44.0 Å². The first kappa shape index (κ1) is 54.2. The van der Waals surface area contributed by atoms with Crippen molar-refractivity contribution in [2.24, 2.45) is 11.3 Å². The summed E-state index contributed by atoms with van der Waals surface area (Å²) in [6.07, 6.45) is 11.4. The molecule has 3 aliphatic heterocycles. The van der Waals surface area contributed by atoms with Crippen molar-refractivity contribution in [3.8, 4) is 23.0 Å². The van der Waals surface area contributed by atoms with Crippen molar-refractivity contribution in [3.05, 3.63) is 135 Å². The van der Waals surface area contributed by atoms with E-state index in [2.05, 4.69) is 85.0 Å². The predicted octanol–water partition coefficient (Wildman–Crippen LogP) is 10.6. The van der Waals surface area contributed by atoms with E-state index in [9.17, 15) is 32.8 Å². The first-order valence-electron chi connectivity index (χ1n) is 27.8. The molecule has 1 amide bonds. The number of H-pyrrole nitrogens is 1. The normalized spacial score (nSPS) is 21.8. The Labute approximate surface area is 461 Å². The number of piperidine rings is 1. The van der Waals surface area contributed by atoms with Gasteiger partial charge in [0.2, 0.25) is 0 Å². The molecule has 2 saturated heterocycles. The maximum absolute atomic E-state index is 14.8. The number of amides is 1. The van der Waals surface area contributed by atoms with Gasteiger partial charge in [0.05, 0.1) is 46.3 Å². The highest BCUT2D eigenvalue weighted by atomic mass is 32.2. The van der Waals surface area contributed by atoms with Crippen LogP contribution in [0.15, 0.2) is 96.2 Å². The van der Waals surface area contributed by atoms with Crippen LogP contribution in [0, 0.1) is 27.3 Å². The number of halogens is 1. The highest BCUT2D eigenvalue weighted by Gasteiger charge is 2.50. The Hall–Kier alpha value is -6.80. The number of ether oxygens (including phenoxy) is 3. The van der Waals surface area contributed by atoms with Gasteiger partial charge >= 0.3 is 0 Å². The average molecular weight is 1100 g/mol. The maximum Gasteiger partial charge on any atom is 0.293 e. The van der Waals surface area contributed by atoms with E-state index in [0.29, 0.717) is 43.6 Å². The number of nitro groups is 1. The molecule has 4 N–H and O–H groups in total. The third-order valence-corrected chi connectivity index (χ3v) is 18.8. The van der Waals surface area contributed by atoms with E-state index in [4.69, 9.17) is 14.2 Å². The lowest BCUT2D eigenvalue weighted by molar-refractivity contribution is -0.384. The standard InChI is InChI=1S/C60H71FN8O9S/c1-38(2)46-9-5-6-10-47(46)53-37-66(36-40-26-41-8-7-25-77-56(41)55(27-40)76-4)23-24-68(53)43-31-60(32-43)19-21-67(22-20-60)42-11-13-48(54(28-42)78-44-29-49-50(61)35-64-57(49)63-34-44)58(70)65-79(74,75)45-12-14-51(52(30-45)69(72)73)62-33-39-15-17-59(3,71)18-16-39/h5-6,9-14,26-30,34-35,38-39,43,53,62,71H,7-8,15-25,31-33,36-37H2,1-4H3,(H,63,64)(H,65,70)/t39?,53-,59?/m0/s1. The van der Waals surface area contributed by atoms with Crippen molar-refractivity contribution in [3.63, 3.8) is 0 Å². The second kappa shape index (κ2) is 22.0. The number of aromatic nitrogens is 2. The van der Waals surface area contributed by atoms with Gasteiger partial charge in [-0.05, 0) is 147 Å². The first-order chi connectivity index (χ1) is 37.9. The number of aliphatic hydroxyl groups is 1. The first-order valence-corrected chi connectivity index (χ1v) is 29.3. The molecule has 11 rings (SSSR count). The molecule has 2 aliphatic carbocycles. The lowest BCUT2D eigenvalue weighted by Gasteiger charge is -2.58. The summed E-state index contributed by atoms with van der Waals surface area (Å²) in [5.41, 5.74) is 5.36. The largest absolute Gasteiger partial charge is 0.493 e. The number of nitro benzene ring substituents is 1. The molecule has 6 aromatic rings. The molecule has 5 aliphatic rings. The lowest BCUT2D eigenvalue weighted by atomic mass is 9.59. The fourth-order valence-electron chi connectivity index (χ4n) is 13.0. The number of sulfonamides is 1. The third-order valence-electron chi connectivity index (χ3n) is 17.5. The molecule has 17 nitrogen and oxygen atoms in total. The van der Waals surface area contributed by atoms with Gasteiger partial charge in [-0.3, -0.25) is 24.7 Å². The van der Waals surface area contributed by atoms with Crippen LogP contribution in [0.1, 0.15) is 123 Å². The van der Waals surface area contributed by atoms with Crippen LogP contribution >= 0.6 is 0 Å². The van der Waals surface area contributed by atoms with Crippen molar-refractivity contribution in [1.29, 1.82) is 0 Å². The molecule has 1 spiro atoms. The number of nitrogens with zero attached hydrogens (tertiary/aromatic N) is 5. The molecule has 5 heterocycles. The monoisotopic (exact) mass is 1100 g/mol. The van der Waals surface area contributed by atoms with Crippen molar-refractivity contribution in [1.82, 2.24) is 24.5 Å². The van der Waals surface area contributed by atoms with Gasteiger partial charge in [0.15, 0.2) is 11.5 Å². The number of anilines is 2. The van der Waals surface area contributed by atoms with Gasteiger partial charge in [-0.2, -0.15) is 0 Å². The van der Waals surface area contributed by atoms with Crippen molar-refractivity contribution in [2.45, 2.75) is 120 Å². The number of hydrogen-bond donors (Lipinski definition) is 4. The summed E-state index contributed by atoms with van der Waals surface area (Å²) in [4.78, 5) is 40.0. The number of rotatable bonds is 16. The molecule has 19 heteroatoms. The highest BCUT2D eigenvalue weighted by molar-refractivity contribution is 7.90. The summed E-state index contributed by atoms with van der Waals surface area (Å²) in [7, 11) is -2.93. The van der Waals surface area contributed by atoms with Gasteiger partial charge in [-0.1, -0.05) is 44.2 Å². The van der Waals surface area contributed by atoms with Crippen LogP contribution in [0.3, 0.4) is 0 Å². The van der Waals surface area contributed by atoms with Crippen LogP contribution in [-0.2, 0) is 23.0 Å². The minimum Gasteiger partial charge on any atom is -0.493 e. The number of aryl methyl sites for hydroxylation is 1. The molecule has 1 atom stereocenters. The second-order valence-corrected chi connectivity index (χ2v) is 24.9. The minimum atomic E-state index is -4.65. The van der Waals surface area contributed by atoms with E-state index < -0.39 is 42.9 Å². The van der Waals surface area contributed by atoms with Crippen LogP contribution < -0.4 is 29.1 Å². The Morgan fingerprint density at radius 3 is 2.54 bits per heavy atom. The summed E-state index contributed by atoms with van der Waals surface area (Å²) in [5, 5.41) is 25.9. The van der Waals surface area contributed by atoms with Gasteiger partial charge in [-0.25, -0.2) is 22.5 Å². The summed E-state index contributed by atoms with van der Waals surface area (Å²) in [5.74, 6) is 0.842. The highest BCUT2D eigenvalue weighted by Crippen LogP contribution is 2.54. The Morgan fingerprint density at radius 1 is 1.00 bits per heavy atom. The number of fused-ring (bicyclic) bond motifs is 2. The SMILES string of the molecule is COc1cc(CN2CCN(C3CC4(CCN(c5ccc(C(=O)NS(=O)(=O)c6ccc(NCC7CCC(C)(O)CC7)c([N+](=O)[O-])c6)c(Oc6cnc7[nH]cc(F)c7c6)c5)CC4)C3)[C@H](c3ccccc3C(C)C)C2)cc2c1OCCC2. The third kappa shape index (κ3) is 11.5. The molecule has 418 valence electrons. The molecular formula is C60H71FN8O9S. The molecule has 0 unspecified atom stereocenters. The molecule has 4 fully saturated rings. The van der Waals surface area contributed by atoms with E-state index in [-0.39, 0.29) is 45.5 Å². The van der Waals surface area contributed by atoms with Gasteiger partial charge in [0.25, 0.3) is 21.6 Å². The Morgan fingerprint density at radius 2 is 1.78 bits per heavy atom. The van der Waals surface area contributed by atoms with Gasteiger partial charge < -0.3 is 34.5 Å². The van der Waals surface area contributed by atoms with Crippen LogP contribution in [0.5, 0.6) is 23.0 Å². The maximum atomic E-state index is 14.8. The Bertz CT molecular complexity index is 3340. The van der Waals surface area contributed by atoms with Crippen molar-refractivity contribution in [2.75, 3.05) is 63.2 Å². The van der Waals surface area contributed by atoms with Crippen LogP contribution in [0.4, 0.5) is 21.5 Å². The fourth-order valence-corrected chi connectivity index (χ4v) is 14.0. The molecule has 4 aromatic carbocycles. The number of carbonyl (C=O) groups is 1. The number of nitrogens with one attached hydrogen (secondary N) is 3. The van der Waals surface area contributed by atoms with E-state index >= 15 is 0 Å². The average Bonchev–Trinajstić information content (AvgIpc) is 3.98. The Balaban J connectivity index is 0.785. The zero-order valence-electron chi connectivity index (χ0n) is 45.4. The van der Waals surface area contributed by atoms with Crippen LogP contribution in [0.2, 0.25) is 0 Å². The van der Waals surface area contributed by atoms with Gasteiger partial charge in [0.1, 0.15) is 28.7 Å². The second-order valence-electron chi connectivity index (χ2n) is 23.2. The van der Waals surface area contributed by atoms with Gasteiger partial charge in [-0.15, -0.1) is 0 Å². The molecule has 79 heavy (non-hydrogen) atoms. The molecular weight excluding hydrogens is 1030 g/mol. The van der Waals surface area contributed by atoms with Crippen LogP contribution in [-0.4, -0.2) is 109 Å². The number of hydrogen-bond acceptors (Lipinski definition) is 14. The number of piperazine rings is 1. The van der Waals surface area contributed by atoms with E-state index in [1.54, 1.807) is 26.2 Å². The zero-order valence-corrected chi connectivity index (χ0v) is 46.2. The van der Waals surface area contributed by atoms with Gasteiger partial charge in [0, 0.05) is 81.9 Å².